The van der Waals surface area contributed by atoms with Gasteiger partial charge in [-0.3, -0.25) is 14.5 Å². The van der Waals surface area contributed by atoms with E-state index in [1.807, 2.05) is 6.07 Å². The molecule has 0 aliphatic carbocycles. The highest BCUT2D eigenvalue weighted by atomic mass is 19.1. The largest absolute Gasteiger partial charge is 0.493 e. The monoisotopic (exact) mass is 461 g/mol. The molecule has 2 aromatic rings. The number of carbonyl (C=O) groups is 2. The number of ether oxygens (including phenoxy) is 4. The number of primary amides is 1. The van der Waals surface area contributed by atoms with Crippen molar-refractivity contribution in [2.45, 2.75) is 6.04 Å². The van der Waals surface area contributed by atoms with Gasteiger partial charge in [0.2, 0.25) is 5.75 Å². The Bertz CT molecular complexity index is 955. The van der Waals surface area contributed by atoms with Crippen LogP contribution in [0.25, 0.3) is 0 Å². The number of hydrogen-bond donors (Lipinski definition) is 2. The smallest absolute Gasteiger partial charge is 0.255 e. The Labute approximate surface area is 191 Å². The molecule has 1 unspecified atom stereocenters. The van der Waals surface area contributed by atoms with Crippen molar-refractivity contribution >= 4 is 11.8 Å². The summed E-state index contributed by atoms with van der Waals surface area (Å²) in [7, 11) is 2.82. The number of halogens is 1. The van der Waals surface area contributed by atoms with Gasteiger partial charge < -0.3 is 30.0 Å². The molecule has 178 valence electrons. The fourth-order valence-electron chi connectivity index (χ4n) is 3.65. The molecule has 2 amide bonds. The normalized spacial score (nSPS) is 14.9. The summed E-state index contributed by atoms with van der Waals surface area (Å²) < 4.78 is 35.3. The molecule has 0 bridgehead atoms. The summed E-state index contributed by atoms with van der Waals surface area (Å²) in [5.74, 6) is -0.763. The van der Waals surface area contributed by atoms with E-state index < -0.39 is 5.91 Å². The minimum Gasteiger partial charge on any atom is -0.493 e. The molecule has 33 heavy (non-hydrogen) atoms. The van der Waals surface area contributed by atoms with Gasteiger partial charge in [0, 0.05) is 25.2 Å². The summed E-state index contributed by atoms with van der Waals surface area (Å²) in [6, 6.07) is 9.10. The molecular weight excluding hydrogens is 433 g/mol. The summed E-state index contributed by atoms with van der Waals surface area (Å²) in [5, 5.41) is 2.92. The van der Waals surface area contributed by atoms with E-state index in [4.69, 9.17) is 24.7 Å². The lowest BCUT2D eigenvalue weighted by atomic mass is 10.0. The van der Waals surface area contributed by atoms with E-state index in [1.165, 1.54) is 38.5 Å². The lowest BCUT2D eigenvalue weighted by Gasteiger charge is -2.35. The highest BCUT2D eigenvalue weighted by Crippen LogP contribution is 2.38. The number of nitrogens with one attached hydrogen (secondary N) is 1. The van der Waals surface area contributed by atoms with E-state index in [0.29, 0.717) is 26.3 Å². The average Bonchev–Trinajstić information content (AvgIpc) is 2.82. The molecule has 1 aliphatic heterocycles. The lowest BCUT2D eigenvalue weighted by molar-refractivity contribution is -0.120. The lowest BCUT2D eigenvalue weighted by Crippen LogP contribution is -2.43. The van der Waals surface area contributed by atoms with Crippen LogP contribution in [0.1, 0.15) is 22.0 Å². The Balaban J connectivity index is 1.80. The molecule has 1 atom stereocenters. The number of carbonyl (C=O) groups excluding carboxylic acids is 2. The van der Waals surface area contributed by atoms with Gasteiger partial charge in [0.25, 0.3) is 11.8 Å². The highest BCUT2D eigenvalue weighted by Gasteiger charge is 2.25. The molecule has 0 saturated carbocycles. The van der Waals surface area contributed by atoms with Crippen molar-refractivity contribution in [2.75, 3.05) is 53.7 Å². The van der Waals surface area contributed by atoms with E-state index in [1.54, 1.807) is 6.07 Å². The maximum atomic E-state index is 13.9. The molecular formula is C23H28FN3O6. The summed E-state index contributed by atoms with van der Waals surface area (Å²) in [6.07, 6.45) is 0. The fourth-order valence-corrected chi connectivity index (χ4v) is 3.65. The Hall–Kier alpha value is -3.37. The van der Waals surface area contributed by atoms with E-state index in [2.05, 4.69) is 10.2 Å². The zero-order valence-corrected chi connectivity index (χ0v) is 18.6. The zero-order valence-electron chi connectivity index (χ0n) is 18.6. The summed E-state index contributed by atoms with van der Waals surface area (Å²) >= 11 is 0. The van der Waals surface area contributed by atoms with Gasteiger partial charge in [-0.15, -0.1) is 0 Å². The van der Waals surface area contributed by atoms with Gasteiger partial charge in [-0.2, -0.15) is 0 Å². The molecule has 9 nitrogen and oxygen atoms in total. The first-order chi connectivity index (χ1) is 15.9. The Morgan fingerprint density at radius 1 is 1.15 bits per heavy atom. The van der Waals surface area contributed by atoms with Crippen LogP contribution in [0.15, 0.2) is 36.4 Å². The van der Waals surface area contributed by atoms with Gasteiger partial charge in [-0.25, -0.2) is 4.39 Å². The third-order valence-electron chi connectivity index (χ3n) is 5.26. The molecule has 2 aromatic carbocycles. The standard InChI is InChI=1S/C23H28FN3O6/c1-30-19-11-16(12-20(31-2)22(19)33-14-21(25)28)23(29)26-13-18(27-6-8-32-9-7-27)15-4-3-5-17(24)10-15/h3-5,10-12,18H,6-9,13-14H2,1-2H3,(H2,25,28)(H,26,29). The van der Waals surface area contributed by atoms with Crippen LogP contribution in [0.4, 0.5) is 4.39 Å². The second-order valence-corrected chi connectivity index (χ2v) is 7.39. The maximum absolute atomic E-state index is 13.9. The molecule has 0 radical (unpaired) electrons. The quantitative estimate of drug-likeness (QED) is 0.552. The van der Waals surface area contributed by atoms with Crippen LogP contribution < -0.4 is 25.3 Å². The predicted molar refractivity (Wildman–Crippen MR) is 118 cm³/mol. The van der Waals surface area contributed by atoms with Gasteiger partial charge in [0.1, 0.15) is 5.82 Å². The van der Waals surface area contributed by atoms with Crippen LogP contribution in [0.5, 0.6) is 17.2 Å². The van der Waals surface area contributed by atoms with Crippen LogP contribution in [0.3, 0.4) is 0 Å². The molecule has 1 aliphatic rings. The first kappa shape index (κ1) is 24.3. The topological polar surface area (TPSA) is 112 Å². The Kier molecular flexibility index (Phi) is 8.45. The average molecular weight is 461 g/mol. The predicted octanol–water partition coefficient (Wildman–Crippen LogP) is 1.51. The van der Waals surface area contributed by atoms with Crippen molar-refractivity contribution < 1.29 is 32.9 Å². The fraction of sp³-hybridized carbons (Fsp3) is 0.391. The second kappa shape index (κ2) is 11.5. The van der Waals surface area contributed by atoms with Crippen molar-refractivity contribution in [2.24, 2.45) is 5.73 Å². The van der Waals surface area contributed by atoms with Crippen molar-refractivity contribution in [1.29, 1.82) is 0 Å². The third-order valence-corrected chi connectivity index (χ3v) is 5.26. The Morgan fingerprint density at radius 3 is 2.39 bits per heavy atom. The van der Waals surface area contributed by atoms with Crippen molar-refractivity contribution in [1.82, 2.24) is 10.2 Å². The molecule has 1 fully saturated rings. The van der Waals surface area contributed by atoms with E-state index in [-0.39, 0.29) is 53.7 Å². The first-order valence-electron chi connectivity index (χ1n) is 10.5. The van der Waals surface area contributed by atoms with Gasteiger partial charge in [-0.1, -0.05) is 12.1 Å². The van der Waals surface area contributed by atoms with Crippen LogP contribution in [0, 0.1) is 5.82 Å². The van der Waals surface area contributed by atoms with Gasteiger partial charge >= 0.3 is 0 Å². The van der Waals surface area contributed by atoms with Crippen molar-refractivity contribution in [3.8, 4) is 17.2 Å². The molecule has 3 rings (SSSR count). The summed E-state index contributed by atoms with van der Waals surface area (Å²) in [4.78, 5) is 26.2. The van der Waals surface area contributed by atoms with E-state index in [0.717, 1.165) is 5.56 Å². The van der Waals surface area contributed by atoms with Crippen LogP contribution >= 0.6 is 0 Å². The zero-order chi connectivity index (χ0) is 23.8. The van der Waals surface area contributed by atoms with Crippen molar-refractivity contribution in [3.05, 3.63) is 53.3 Å². The van der Waals surface area contributed by atoms with E-state index >= 15 is 0 Å². The number of nitrogens with two attached hydrogens (primary N) is 1. The van der Waals surface area contributed by atoms with Gasteiger partial charge in [0.05, 0.1) is 33.5 Å². The van der Waals surface area contributed by atoms with Crippen molar-refractivity contribution in [3.63, 3.8) is 0 Å². The number of rotatable bonds is 10. The van der Waals surface area contributed by atoms with Gasteiger partial charge in [0.15, 0.2) is 18.1 Å². The first-order valence-corrected chi connectivity index (χ1v) is 10.5. The molecule has 0 aromatic heterocycles. The third kappa shape index (κ3) is 6.33. The number of methoxy groups -OCH3 is 2. The molecule has 1 saturated heterocycles. The summed E-state index contributed by atoms with van der Waals surface area (Å²) in [5.41, 5.74) is 6.18. The molecule has 3 N–H and O–H groups in total. The minimum atomic E-state index is -0.660. The van der Waals surface area contributed by atoms with Crippen LogP contribution in [0.2, 0.25) is 0 Å². The maximum Gasteiger partial charge on any atom is 0.255 e. The van der Waals surface area contributed by atoms with E-state index in [9.17, 15) is 14.0 Å². The molecule has 0 spiro atoms. The van der Waals surface area contributed by atoms with Gasteiger partial charge in [-0.05, 0) is 29.8 Å². The number of amides is 2. The highest BCUT2D eigenvalue weighted by molar-refractivity contribution is 5.95. The minimum absolute atomic E-state index is 0.168. The summed E-state index contributed by atoms with van der Waals surface area (Å²) in [6.45, 7) is 2.37. The SMILES string of the molecule is COc1cc(C(=O)NCC(c2cccc(F)c2)N2CCOCC2)cc(OC)c1OCC(N)=O. The molecule has 10 heteroatoms. The van der Waals surface area contributed by atoms with Crippen LogP contribution in [-0.2, 0) is 9.53 Å². The molecule has 1 heterocycles. The number of nitrogens with zero attached hydrogens (tertiary/aromatic N) is 1. The Morgan fingerprint density at radius 2 is 1.82 bits per heavy atom. The number of hydrogen-bond acceptors (Lipinski definition) is 7. The number of benzene rings is 2. The number of morpholine rings is 1. The second-order valence-electron chi connectivity index (χ2n) is 7.39. The van der Waals surface area contributed by atoms with Crippen LogP contribution in [-0.4, -0.2) is 70.4 Å².